The van der Waals surface area contributed by atoms with Gasteiger partial charge in [0.1, 0.15) is 0 Å². The van der Waals surface area contributed by atoms with E-state index in [-0.39, 0.29) is 0 Å². The summed E-state index contributed by atoms with van der Waals surface area (Å²) in [6, 6.07) is 73.1. The first kappa shape index (κ1) is 31.9. The van der Waals surface area contributed by atoms with Crippen LogP contribution in [0.3, 0.4) is 0 Å². The molecule has 0 unspecified atom stereocenters. The van der Waals surface area contributed by atoms with Gasteiger partial charge in [0.05, 0.1) is 33.5 Å². The SMILES string of the molecule is c1ccc(-c2ccc(-c3nc(-c4ccccc4)cc(-c4ccc(-n5c6ccccc6c6c7c8ccccc8n(-c8ccccc8)c7ccc65)cc4)n3)cc2)cc1. The summed E-state index contributed by atoms with van der Waals surface area (Å²) < 4.78 is 4.79. The average Bonchev–Trinajstić information content (AvgIpc) is 3.80. The van der Waals surface area contributed by atoms with Gasteiger partial charge < -0.3 is 9.13 Å². The van der Waals surface area contributed by atoms with Crippen LogP contribution in [0.4, 0.5) is 0 Å². The van der Waals surface area contributed by atoms with Crippen LogP contribution < -0.4 is 0 Å². The Hall–Kier alpha value is -7.56. The summed E-state index contributed by atoms with van der Waals surface area (Å²) in [5.41, 5.74) is 14.2. The van der Waals surface area contributed by atoms with E-state index >= 15 is 0 Å². The molecule has 262 valence electrons. The average molecular weight is 715 g/mol. The van der Waals surface area contributed by atoms with Crippen LogP contribution in [0, 0.1) is 0 Å². The normalized spacial score (nSPS) is 11.6. The van der Waals surface area contributed by atoms with Gasteiger partial charge in [-0.3, -0.25) is 0 Å². The molecule has 0 aliphatic rings. The van der Waals surface area contributed by atoms with Gasteiger partial charge in [-0.05, 0) is 65.7 Å². The van der Waals surface area contributed by atoms with Crippen molar-refractivity contribution in [3.8, 4) is 56.4 Å². The van der Waals surface area contributed by atoms with Crippen molar-refractivity contribution >= 4 is 43.6 Å². The molecule has 0 N–H and O–H groups in total. The van der Waals surface area contributed by atoms with Crippen LogP contribution in [0.25, 0.3) is 100 Å². The highest BCUT2D eigenvalue weighted by molar-refractivity contribution is 6.28. The van der Waals surface area contributed by atoms with Gasteiger partial charge >= 0.3 is 0 Å². The van der Waals surface area contributed by atoms with Gasteiger partial charge in [-0.25, -0.2) is 9.97 Å². The molecule has 0 saturated carbocycles. The first-order valence-corrected chi connectivity index (χ1v) is 19.0. The molecule has 0 aliphatic heterocycles. The van der Waals surface area contributed by atoms with Crippen LogP contribution in [0.15, 0.2) is 206 Å². The highest BCUT2D eigenvalue weighted by Gasteiger charge is 2.20. The summed E-state index contributed by atoms with van der Waals surface area (Å²) in [6.45, 7) is 0. The number of hydrogen-bond donors (Lipinski definition) is 0. The molecule has 0 spiro atoms. The Labute approximate surface area is 324 Å². The minimum atomic E-state index is 0.700. The predicted octanol–water partition coefficient (Wildman–Crippen LogP) is 13.3. The fourth-order valence-corrected chi connectivity index (χ4v) is 8.36. The second-order valence-corrected chi connectivity index (χ2v) is 14.2. The Bertz CT molecular complexity index is 3200. The van der Waals surface area contributed by atoms with Crippen molar-refractivity contribution in [1.29, 1.82) is 0 Å². The second-order valence-electron chi connectivity index (χ2n) is 14.2. The first-order valence-electron chi connectivity index (χ1n) is 19.0. The van der Waals surface area contributed by atoms with Crippen molar-refractivity contribution in [2.75, 3.05) is 0 Å². The lowest BCUT2D eigenvalue weighted by atomic mass is 10.0. The molecule has 3 aromatic heterocycles. The third-order valence-corrected chi connectivity index (χ3v) is 11.0. The second kappa shape index (κ2) is 13.1. The van der Waals surface area contributed by atoms with Crippen molar-refractivity contribution in [3.63, 3.8) is 0 Å². The third-order valence-electron chi connectivity index (χ3n) is 11.0. The smallest absolute Gasteiger partial charge is 0.160 e. The zero-order valence-electron chi connectivity index (χ0n) is 30.4. The topological polar surface area (TPSA) is 35.6 Å². The number of aromatic nitrogens is 4. The molecule has 0 aliphatic carbocycles. The Kier molecular flexibility index (Phi) is 7.46. The fourth-order valence-electron chi connectivity index (χ4n) is 8.36. The number of nitrogens with zero attached hydrogens (tertiary/aromatic N) is 4. The van der Waals surface area contributed by atoms with Crippen LogP contribution in [-0.2, 0) is 0 Å². The molecule has 11 aromatic rings. The largest absolute Gasteiger partial charge is 0.309 e. The molecule has 0 saturated heterocycles. The van der Waals surface area contributed by atoms with Crippen LogP contribution in [0.2, 0.25) is 0 Å². The lowest BCUT2D eigenvalue weighted by Gasteiger charge is -2.12. The van der Waals surface area contributed by atoms with Gasteiger partial charge in [-0.2, -0.15) is 0 Å². The van der Waals surface area contributed by atoms with Crippen molar-refractivity contribution < 1.29 is 0 Å². The molecule has 11 rings (SSSR count). The summed E-state index contributed by atoms with van der Waals surface area (Å²) >= 11 is 0. The zero-order chi connectivity index (χ0) is 37.0. The predicted molar refractivity (Wildman–Crippen MR) is 232 cm³/mol. The van der Waals surface area contributed by atoms with E-state index in [1.165, 1.54) is 49.2 Å². The summed E-state index contributed by atoms with van der Waals surface area (Å²) in [5.74, 6) is 0.700. The molecule has 0 atom stereocenters. The summed E-state index contributed by atoms with van der Waals surface area (Å²) in [6.07, 6.45) is 0. The Balaban J connectivity index is 1.05. The van der Waals surface area contributed by atoms with Gasteiger partial charge in [-0.15, -0.1) is 0 Å². The van der Waals surface area contributed by atoms with E-state index in [2.05, 4.69) is 203 Å². The van der Waals surface area contributed by atoms with E-state index in [0.717, 1.165) is 45.0 Å². The molecule has 4 heteroatoms. The van der Waals surface area contributed by atoms with E-state index < -0.39 is 0 Å². The maximum absolute atomic E-state index is 5.16. The summed E-state index contributed by atoms with van der Waals surface area (Å²) in [7, 11) is 0. The van der Waals surface area contributed by atoms with Gasteiger partial charge in [-0.1, -0.05) is 152 Å². The molecule has 0 fully saturated rings. The van der Waals surface area contributed by atoms with Crippen molar-refractivity contribution in [3.05, 3.63) is 206 Å². The number of para-hydroxylation sites is 3. The van der Waals surface area contributed by atoms with Crippen LogP contribution in [-0.4, -0.2) is 19.1 Å². The highest BCUT2D eigenvalue weighted by atomic mass is 15.0. The van der Waals surface area contributed by atoms with Crippen LogP contribution in [0.5, 0.6) is 0 Å². The monoisotopic (exact) mass is 714 g/mol. The van der Waals surface area contributed by atoms with Crippen LogP contribution >= 0.6 is 0 Å². The van der Waals surface area contributed by atoms with Crippen molar-refractivity contribution in [1.82, 2.24) is 19.1 Å². The molecule has 0 radical (unpaired) electrons. The third kappa shape index (κ3) is 5.23. The Morgan fingerprint density at radius 1 is 0.286 bits per heavy atom. The lowest BCUT2D eigenvalue weighted by Crippen LogP contribution is -1.97. The number of hydrogen-bond acceptors (Lipinski definition) is 2. The molecular formula is C52H34N4. The van der Waals surface area contributed by atoms with Gasteiger partial charge in [0, 0.05) is 49.6 Å². The molecular weight excluding hydrogens is 681 g/mol. The van der Waals surface area contributed by atoms with E-state index in [4.69, 9.17) is 9.97 Å². The van der Waals surface area contributed by atoms with Crippen molar-refractivity contribution in [2.45, 2.75) is 0 Å². The Morgan fingerprint density at radius 2 is 0.679 bits per heavy atom. The van der Waals surface area contributed by atoms with Gasteiger partial charge in [0.15, 0.2) is 5.82 Å². The number of benzene rings is 8. The van der Waals surface area contributed by atoms with E-state index in [9.17, 15) is 0 Å². The van der Waals surface area contributed by atoms with E-state index in [0.29, 0.717) is 5.82 Å². The quantitative estimate of drug-likeness (QED) is 0.172. The fraction of sp³-hybridized carbons (Fsp3) is 0. The molecule has 0 amide bonds. The Morgan fingerprint density at radius 3 is 1.23 bits per heavy atom. The van der Waals surface area contributed by atoms with Crippen molar-refractivity contribution in [2.24, 2.45) is 0 Å². The van der Waals surface area contributed by atoms with Crippen LogP contribution in [0.1, 0.15) is 0 Å². The maximum Gasteiger partial charge on any atom is 0.160 e. The minimum absolute atomic E-state index is 0.700. The van der Waals surface area contributed by atoms with E-state index in [1.807, 2.05) is 12.1 Å². The molecule has 56 heavy (non-hydrogen) atoms. The van der Waals surface area contributed by atoms with Gasteiger partial charge in [0.25, 0.3) is 0 Å². The minimum Gasteiger partial charge on any atom is -0.309 e. The zero-order valence-corrected chi connectivity index (χ0v) is 30.4. The number of fused-ring (bicyclic) bond motifs is 7. The molecule has 4 nitrogen and oxygen atoms in total. The number of rotatable bonds is 6. The molecule has 0 bridgehead atoms. The van der Waals surface area contributed by atoms with Gasteiger partial charge in [0.2, 0.25) is 0 Å². The summed E-state index contributed by atoms with van der Waals surface area (Å²) in [5, 5.41) is 5.02. The summed E-state index contributed by atoms with van der Waals surface area (Å²) in [4.78, 5) is 10.2. The maximum atomic E-state index is 5.16. The molecule has 8 aromatic carbocycles. The standard InChI is InChI=1S/C52H34N4/c1-4-14-35(15-5-1)36-24-26-39(27-25-36)52-53-44(37-16-6-2-7-17-37)34-45(54-52)38-28-30-41(31-29-38)56-47-23-13-11-21-43(47)51-49(56)33-32-48-50(51)42-20-10-12-22-46(42)55(48)40-18-8-3-9-19-40/h1-34H. The first-order chi connectivity index (χ1) is 27.8. The highest BCUT2D eigenvalue weighted by Crippen LogP contribution is 2.42. The van der Waals surface area contributed by atoms with E-state index in [1.54, 1.807) is 0 Å². The lowest BCUT2D eigenvalue weighted by molar-refractivity contribution is 1.17. The molecule has 3 heterocycles.